The van der Waals surface area contributed by atoms with Gasteiger partial charge in [0.15, 0.2) is 0 Å². The van der Waals surface area contributed by atoms with E-state index in [0.717, 1.165) is 10.2 Å². The molecule has 0 aliphatic heterocycles. The van der Waals surface area contributed by atoms with Crippen LogP contribution in [0, 0.1) is 6.92 Å². The highest BCUT2D eigenvalue weighted by atomic mass is 79.9. The summed E-state index contributed by atoms with van der Waals surface area (Å²) in [5.41, 5.74) is 0. The van der Waals surface area contributed by atoms with Gasteiger partial charge in [-0.25, -0.2) is 0 Å². The minimum absolute atomic E-state index is 0.142. The molecule has 2 aromatic rings. The van der Waals surface area contributed by atoms with Crippen LogP contribution in [-0.4, -0.2) is 14.6 Å². The van der Waals surface area contributed by atoms with E-state index >= 15 is 0 Å². The van der Waals surface area contributed by atoms with Crippen molar-refractivity contribution in [3.8, 4) is 0 Å². The van der Waals surface area contributed by atoms with E-state index in [0.29, 0.717) is 5.76 Å². The van der Waals surface area contributed by atoms with Gasteiger partial charge in [0.1, 0.15) is 11.5 Å². The Morgan fingerprint density at radius 3 is 2.47 bits per heavy atom. The van der Waals surface area contributed by atoms with E-state index in [1.54, 1.807) is 31.2 Å². The third-order valence-electron chi connectivity index (χ3n) is 2.25. The first kappa shape index (κ1) is 13.8. The molecule has 0 amide bonds. The lowest BCUT2D eigenvalue weighted by molar-refractivity contribution is 0.527. The fourth-order valence-corrected chi connectivity index (χ4v) is 2.40. The molecule has 1 heterocycles. The first-order chi connectivity index (χ1) is 8.97. The number of nitrogens with zero attached hydrogens (tertiary/aromatic N) is 1. The van der Waals surface area contributed by atoms with Gasteiger partial charge in [-0.1, -0.05) is 15.9 Å². The average molecular weight is 343 g/mol. The highest BCUT2D eigenvalue weighted by Gasteiger charge is 2.11. The van der Waals surface area contributed by atoms with Gasteiger partial charge in [-0.15, -0.1) is 0 Å². The van der Waals surface area contributed by atoms with Crippen molar-refractivity contribution in [2.45, 2.75) is 11.8 Å². The van der Waals surface area contributed by atoms with Crippen molar-refractivity contribution in [2.24, 2.45) is 5.10 Å². The maximum Gasteiger partial charge on any atom is 0.276 e. The molecule has 5 nitrogen and oxygen atoms in total. The summed E-state index contributed by atoms with van der Waals surface area (Å²) in [5.74, 6) is 1.22. The molecule has 0 aliphatic rings. The Bertz CT molecular complexity index is 690. The van der Waals surface area contributed by atoms with Crippen molar-refractivity contribution in [3.05, 3.63) is 52.4 Å². The molecule has 0 saturated carbocycles. The summed E-state index contributed by atoms with van der Waals surface area (Å²) in [6.07, 6.45) is 1.31. The fourth-order valence-electron chi connectivity index (χ4n) is 1.35. The molecular weight excluding hydrogens is 332 g/mol. The molecule has 0 atom stereocenters. The summed E-state index contributed by atoms with van der Waals surface area (Å²) in [4.78, 5) is 2.26. The lowest BCUT2D eigenvalue weighted by atomic mass is 10.4. The average Bonchev–Trinajstić information content (AvgIpc) is 2.75. The SMILES string of the molecule is Cc1ccc(/C=N/NS(=O)(=O)c2ccc(Br)cc2)o1. The smallest absolute Gasteiger partial charge is 0.276 e. The second-order valence-electron chi connectivity index (χ2n) is 3.76. The van der Waals surface area contributed by atoms with Gasteiger partial charge < -0.3 is 4.42 Å². The van der Waals surface area contributed by atoms with Crippen molar-refractivity contribution >= 4 is 32.2 Å². The van der Waals surface area contributed by atoms with Crippen molar-refractivity contribution in [2.75, 3.05) is 0 Å². The van der Waals surface area contributed by atoms with Gasteiger partial charge >= 0.3 is 0 Å². The first-order valence-electron chi connectivity index (χ1n) is 5.34. The molecule has 0 aliphatic carbocycles. The number of halogens is 1. The number of aryl methyl sites for hydroxylation is 1. The van der Waals surface area contributed by atoms with Crippen molar-refractivity contribution in [1.29, 1.82) is 0 Å². The molecule has 0 unspecified atom stereocenters. The van der Waals surface area contributed by atoms with E-state index in [-0.39, 0.29) is 4.90 Å². The van der Waals surface area contributed by atoms with Crippen LogP contribution >= 0.6 is 15.9 Å². The van der Waals surface area contributed by atoms with Gasteiger partial charge in [-0.2, -0.15) is 18.4 Å². The van der Waals surface area contributed by atoms with Gasteiger partial charge in [0.05, 0.1) is 11.1 Å². The normalized spacial score (nSPS) is 11.9. The van der Waals surface area contributed by atoms with Crippen LogP contribution in [0.2, 0.25) is 0 Å². The molecule has 100 valence electrons. The summed E-state index contributed by atoms with van der Waals surface area (Å²) in [7, 11) is -3.65. The molecule has 2 rings (SSSR count). The number of hydrogen-bond donors (Lipinski definition) is 1. The fraction of sp³-hybridized carbons (Fsp3) is 0.0833. The van der Waals surface area contributed by atoms with Crippen LogP contribution in [0.5, 0.6) is 0 Å². The summed E-state index contributed by atoms with van der Waals surface area (Å²) in [5, 5.41) is 3.66. The quantitative estimate of drug-likeness (QED) is 0.685. The van der Waals surface area contributed by atoms with E-state index in [4.69, 9.17) is 4.42 Å². The molecule has 19 heavy (non-hydrogen) atoms. The molecule has 1 N–H and O–H groups in total. The zero-order valence-corrected chi connectivity index (χ0v) is 12.4. The highest BCUT2D eigenvalue weighted by Crippen LogP contribution is 2.14. The Hall–Kier alpha value is -1.60. The van der Waals surface area contributed by atoms with Crippen molar-refractivity contribution < 1.29 is 12.8 Å². The molecule has 0 saturated heterocycles. The molecule has 0 fully saturated rings. The lowest BCUT2D eigenvalue weighted by Gasteiger charge is -2.02. The highest BCUT2D eigenvalue weighted by molar-refractivity contribution is 9.10. The van der Waals surface area contributed by atoms with E-state index < -0.39 is 10.0 Å². The van der Waals surface area contributed by atoms with E-state index in [9.17, 15) is 8.42 Å². The van der Waals surface area contributed by atoms with Crippen LogP contribution in [0.4, 0.5) is 0 Å². The molecule has 1 aromatic heterocycles. The first-order valence-corrected chi connectivity index (χ1v) is 7.62. The monoisotopic (exact) mass is 342 g/mol. The Morgan fingerprint density at radius 1 is 1.21 bits per heavy atom. The topological polar surface area (TPSA) is 71.7 Å². The Kier molecular flexibility index (Phi) is 4.06. The summed E-state index contributed by atoms with van der Waals surface area (Å²) < 4.78 is 29.8. The number of rotatable bonds is 4. The van der Waals surface area contributed by atoms with Gasteiger partial charge in [-0.05, 0) is 43.3 Å². The second-order valence-corrected chi connectivity index (χ2v) is 6.33. The number of sulfonamides is 1. The van der Waals surface area contributed by atoms with Crippen LogP contribution in [0.15, 0.2) is 55.3 Å². The summed E-state index contributed by atoms with van der Waals surface area (Å²) in [6.45, 7) is 1.79. The van der Waals surface area contributed by atoms with Gasteiger partial charge in [-0.3, -0.25) is 0 Å². The maximum absolute atomic E-state index is 11.9. The molecule has 1 aromatic carbocycles. The Labute approximate surface area is 119 Å². The van der Waals surface area contributed by atoms with Gasteiger partial charge in [0.25, 0.3) is 10.0 Å². The van der Waals surface area contributed by atoms with Gasteiger partial charge in [0, 0.05) is 4.47 Å². The molecular formula is C12H11BrN2O3S. The third kappa shape index (κ3) is 3.68. The largest absolute Gasteiger partial charge is 0.460 e. The van der Waals surface area contributed by atoms with Crippen molar-refractivity contribution in [1.82, 2.24) is 4.83 Å². The second kappa shape index (κ2) is 5.58. The molecule has 0 radical (unpaired) electrons. The number of hydrogen-bond acceptors (Lipinski definition) is 4. The number of benzene rings is 1. The predicted octanol–water partition coefficient (Wildman–Crippen LogP) is 2.66. The minimum atomic E-state index is -3.65. The number of hydrazone groups is 1. The van der Waals surface area contributed by atoms with Crippen molar-refractivity contribution in [3.63, 3.8) is 0 Å². The van der Waals surface area contributed by atoms with E-state index in [1.165, 1.54) is 18.3 Å². The van der Waals surface area contributed by atoms with Crippen LogP contribution in [0.25, 0.3) is 0 Å². The standard InChI is InChI=1S/C12H11BrN2O3S/c1-9-2-5-11(18-9)8-14-15-19(16,17)12-6-3-10(13)4-7-12/h2-8,15H,1H3/b14-8+. The zero-order chi connectivity index (χ0) is 13.9. The lowest BCUT2D eigenvalue weighted by Crippen LogP contribution is -2.18. The predicted molar refractivity (Wildman–Crippen MR) is 75.5 cm³/mol. The Morgan fingerprint density at radius 2 is 1.89 bits per heavy atom. The zero-order valence-electron chi connectivity index (χ0n) is 10.00. The number of furan rings is 1. The van der Waals surface area contributed by atoms with Crippen LogP contribution < -0.4 is 4.83 Å². The number of nitrogens with one attached hydrogen (secondary N) is 1. The van der Waals surface area contributed by atoms with Gasteiger partial charge in [0.2, 0.25) is 0 Å². The maximum atomic E-state index is 11.9. The summed E-state index contributed by atoms with van der Waals surface area (Å²) >= 11 is 3.24. The van der Waals surface area contributed by atoms with E-state index in [1.807, 2.05) is 0 Å². The minimum Gasteiger partial charge on any atom is -0.460 e. The van der Waals surface area contributed by atoms with Crippen LogP contribution in [0.1, 0.15) is 11.5 Å². The molecule has 0 spiro atoms. The Balaban J connectivity index is 2.09. The van der Waals surface area contributed by atoms with E-state index in [2.05, 4.69) is 25.9 Å². The molecule has 0 bridgehead atoms. The summed E-state index contributed by atoms with van der Waals surface area (Å²) in [6, 6.07) is 9.73. The van der Waals surface area contributed by atoms with Crippen LogP contribution in [0.3, 0.4) is 0 Å². The van der Waals surface area contributed by atoms with Crippen LogP contribution in [-0.2, 0) is 10.0 Å². The molecule has 7 heteroatoms. The third-order valence-corrected chi connectivity index (χ3v) is 4.02.